The van der Waals surface area contributed by atoms with Gasteiger partial charge in [0.2, 0.25) is 5.91 Å². The number of benzene rings is 2. The second kappa shape index (κ2) is 9.86. The normalized spacial score (nSPS) is 12.5. The van der Waals surface area contributed by atoms with Crippen molar-refractivity contribution in [2.24, 2.45) is 0 Å². The van der Waals surface area contributed by atoms with E-state index in [0.29, 0.717) is 25.4 Å². The maximum Gasteiger partial charge on any atom is 0.251 e. The Hall–Kier alpha value is -4.37. The number of nitrogens with zero attached hydrogens (tertiary/aromatic N) is 2. The summed E-state index contributed by atoms with van der Waals surface area (Å²) in [5.74, 6) is 0.606. The molecule has 2 aromatic carbocycles. The Labute approximate surface area is 202 Å². The van der Waals surface area contributed by atoms with Crippen LogP contribution in [-0.4, -0.2) is 41.0 Å². The molecule has 0 saturated heterocycles. The first kappa shape index (κ1) is 22.4. The Morgan fingerprint density at radius 2 is 1.89 bits per heavy atom. The number of hydrogen-bond acceptors (Lipinski definition) is 6. The molecule has 9 nitrogen and oxygen atoms in total. The molecule has 0 aliphatic carbocycles. The van der Waals surface area contributed by atoms with Crippen LogP contribution in [0.15, 0.2) is 67.0 Å². The number of fused-ring (bicyclic) bond motifs is 2. The van der Waals surface area contributed by atoms with Crippen molar-refractivity contribution in [2.45, 2.75) is 13.5 Å². The molecule has 5 rings (SSSR count). The van der Waals surface area contributed by atoms with Gasteiger partial charge in [-0.2, -0.15) is 0 Å². The molecule has 1 aliphatic heterocycles. The first-order chi connectivity index (χ1) is 17.1. The highest BCUT2D eigenvalue weighted by Crippen LogP contribution is 2.31. The van der Waals surface area contributed by atoms with Gasteiger partial charge in [0, 0.05) is 55.8 Å². The maximum atomic E-state index is 12.3. The van der Waals surface area contributed by atoms with Crippen molar-refractivity contribution in [1.82, 2.24) is 25.3 Å². The Bertz CT molecular complexity index is 1380. The highest BCUT2D eigenvalue weighted by Gasteiger charge is 2.14. The molecule has 3 heterocycles. The van der Waals surface area contributed by atoms with Crippen LogP contribution in [0.3, 0.4) is 0 Å². The van der Waals surface area contributed by atoms with E-state index in [4.69, 9.17) is 4.74 Å². The highest BCUT2D eigenvalue weighted by molar-refractivity contribution is 5.94. The Kier molecular flexibility index (Phi) is 6.32. The average molecular weight is 471 g/mol. The van der Waals surface area contributed by atoms with E-state index in [0.717, 1.165) is 46.1 Å². The largest absolute Gasteiger partial charge is 0.478 e. The predicted octanol–water partition coefficient (Wildman–Crippen LogP) is 3.05. The van der Waals surface area contributed by atoms with Gasteiger partial charge in [-0.05, 0) is 60.2 Å². The van der Waals surface area contributed by atoms with E-state index in [9.17, 15) is 9.59 Å². The molecule has 0 atom stereocenters. The molecule has 0 bridgehead atoms. The zero-order valence-electron chi connectivity index (χ0n) is 19.3. The molecule has 0 radical (unpaired) electrons. The van der Waals surface area contributed by atoms with E-state index < -0.39 is 0 Å². The number of amides is 2. The fourth-order valence-corrected chi connectivity index (χ4v) is 4.06. The molecule has 9 heteroatoms. The summed E-state index contributed by atoms with van der Waals surface area (Å²) in [6.45, 7) is 3.52. The summed E-state index contributed by atoms with van der Waals surface area (Å²) < 4.78 is 7.70. The first-order valence-corrected chi connectivity index (χ1v) is 11.4. The summed E-state index contributed by atoms with van der Waals surface area (Å²) in [5, 5.41) is 12.1. The van der Waals surface area contributed by atoms with E-state index in [1.54, 1.807) is 18.3 Å². The molecular weight excluding hydrogens is 444 g/mol. The van der Waals surface area contributed by atoms with Crippen molar-refractivity contribution in [3.05, 3.63) is 78.1 Å². The Morgan fingerprint density at radius 3 is 2.71 bits per heavy atom. The summed E-state index contributed by atoms with van der Waals surface area (Å²) in [6, 6.07) is 17.5. The summed E-state index contributed by atoms with van der Waals surface area (Å²) in [6.07, 6.45) is 3.72. The Morgan fingerprint density at radius 1 is 1.06 bits per heavy atom. The minimum Gasteiger partial charge on any atom is -0.478 e. The van der Waals surface area contributed by atoms with Gasteiger partial charge >= 0.3 is 0 Å². The van der Waals surface area contributed by atoms with Crippen LogP contribution in [0.4, 0.5) is 11.4 Å². The van der Waals surface area contributed by atoms with E-state index >= 15 is 0 Å². The molecular formula is C26H26N6O3. The lowest BCUT2D eigenvalue weighted by molar-refractivity contribution is -0.118. The van der Waals surface area contributed by atoms with Gasteiger partial charge in [0.15, 0.2) is 5.65 Å². The number of carbonyl (C=O) groups excluding carboxylic acids is 2. The average Bonchev–Trinajstić information content (AvgIpc) is 3.37. The smallest absolute Gasteiger partial charge is 0.251 e. The topological polar surface area (TPSA) is 109 Å². The molecule has 178 valence electrons. The number of imidazole rings is 1. The van der Waals surface area contributed by atoms with Gasteiger partial charge < -0.3 is 20.7 Å². The molecule has 0 spiro atoms. The van der Waals surface area contributed by atoms with Crippen LogP contribution >= 0.6 is 0 Å². The molecule has 0 unspecified atom stereocenters. The highest BCUT2D eigenvalue weighted by atomic mass is 16.5. The van der Waals surface area contributed by atoms with Crippen molar-refractivity contribution in [3.63, 3.8) is 0 Å². The third kappa shape index (κ3) is 4.95. The summed E-state index contributed by atoms with van der Waals surface area (Å²) in [4.78, 5) is 27.8. The van der Waals surface area contributed by atoms with Gasteiger partial charge in [-0.3, -0.25) is 19.3 Å². The van der Waals surface area contributed by atoms with Crippen molar-refractivity contribution in [3.8, 4) is 17.0 Å². The van der Waals surface area contributed by atoms with Crippen LogP contribution in [-0.2, 0) is 11.3 Å². The van der Waals surface area contributed by atoms with E-state index in [1.165, 1.54) is 6.92 Å². The lowest BCUT2D eigenvalue weighted by atomic mass is 10.1. The van der Waals surface area contributed by atoms with E-state index in [-0.39, 0.29) is 11.8 Å². The van der Waals surface area contributed by atoms with Crippen LogP contribution in [0.2, 0.25) is 0 Å². The number of rotatable bonds is 7. The van der Waals surface area contributed by atoms with Crippen LogP contribution in [0.25, 0.3) is 16.9 Å². The van der Waals surface area contributed by atoms with Crippen LogP contribution in [0.5, 0.6) is 5.75 Å². The number of aromatic nitrogens is 2. The standard InChI is InChI=1S/C26H26N6O3/c1-17(33)28-10-11-30-26(34)18-2-5-21(6-3-18)31-22-7-8-23(32-13-12-29-25(22)32)19-4-9-24-20(14-19)15-27-16-35-24/h2-9,12-14,27,31H,10-11,15-16H2,1H3,(H,28,33)(H,30,34). The number of pyridine rings is 1. The van der Waals surface area contributed by atoms with Gasteiger partial charge in [0.1, 0.15) is 12.5 Å². The van der Waals surface area contributed by atoms with Crippen LogP contribution in [0.1, 0.15) is 22.8 Å². The second-order valence-corrected chi connectivity index (χ2v) is 8.23. The zero-order chi connectivity index (χ0) is 24.2. The molecule has 0 fully saturated rings. The molecule has 1 aliphatic rings. The summed E-state index contributed by atoms with van der Waals surface area (Å²) in [5.41, 5.74) is 6.29. The van der Waals surface area contributed by atoms with E-state index in [2.05, 4.69) is 48.9 Å². The third-order valence-corrected chi connectivity index (χ3v) is 5.76. The number of hydrogen-bond donors (Lipinski definition) is 4. The minimum absolute atomic E-state index is 0.121. The number of nitrogens with one attached hydrogen (secondary N) is 4. The van der Waals surface area contributed by atoms with Gasteiger partial charge in [0.05, 0.1) is 11.4 Å². The molecule has 2 amide bonds. The Balaban J connectivity index is 1.31. The van der Waals surface area contributed by atoms with Gasteiger partial charge in [-0.15, -0.1) is 0 Å². The lowest BCUT2D eigenvalue weighted by Gasteiger charge is -2.19. The van der Waals surface area contributed by atoms with Gasteiger partial charge in [-0.25, -0.2) is 4.98 Å². The molecule has 0 saturated carbocycles. The monoisotopic (exact) mass is 470 g/mol. The molecule has 2 aromatic heterocycles. The lowest BCUT2D eigenvalue weighted by Crippen LogP contribution is -2.33. The van der Waals surface area contributed by atoms with Crippen molar-refractivity contribution < 1.29 is 14.3 Å². The maximum absolute atomic E-state index is 12.3. The quantitative estimate of drug-likeness (QED) is 0.309. The summed E-state index contributed by atoms with van der Waals surface area (Å²) in [7, 11) is 0. The van der Waals surface area contributed by atoms with Crippen molar-refractivity contribution >= 4 is 28.8 Å². The number of ether oxygens (including phenoxy) is 1. The van der Waals surface area contributed by atoms with E-state index in [1.807, 2.05) is 30.5 Å². The third-order valence-electron chi connectivity index (χ3n) is 5.76. The minimum atomic E-state index is -0.187. The molecule has 4 N–H and O–H groups in total. The van der Waals surface area contributed by atoms with Gasteiger partial charge in [-0.1, -0.05) is 0 Å². The SMILES string of the molecule is CC(=O)NCCNC(=O)c1ccc(Nc2ccc(-c3ccc4c(c3)CNCO4)n3ccnc23)cc1. The molecule has 4 aromatic rings. The van der Waals surface area contributed by atoms with Crippen LogP contribution < -0.4 is 26.0 Å². The fraction of sp³-hybridized carbons (Fsp3) is 0.192. The number of carbonyl (C=O) groups is 2. The second-order valence-electron chi connectivity index (χ2n) is 8.23. The van der Waals surface area contributed by atoms with Crippen molar-refractivity contribution in [2.75, 3.05) is 25.1 Å². The molecule has 35 heavy (non-hydrogen) atoms. The summed E-state index contributed by atoms with van der Waals surface area (Å²) >= 11 is 0. The van der Waals surface area contributed by atoms with Crippen molar-refractivity contribution in [1.29, 1.82) is 0 Å². The number of anilines is 2. The fourth-order valence-electron chi connectivity index (χ4n) is 4.06. The van der Waals surface area contributed by atoms with Crippen LogP contribution in [0, 0.1) is 0 Å². The first-order valence-electron chi connectivity index (χ1n) is 11.4. The predicted molar refractivity (Wildman–Crippen MR) is 134 cm³/mol. The van der Waals surface area contributed by atoms with Gasteiger partial charge in [0.25, 0.3) is 5.91 Å². The zero-order valence-corrected chi connectivity index (χ0v) is 19.3.